The summed E-state index contributed by atoms with van der Waals surface area (Å²) in [6.45, 7) is -0.245. The SMILES string of the molecule is COc1ccc(Br)c(-c2nc(CO)no2)c1. The molecule has 5 nitrogen and oxygen atoms in total. The van der Waals surface area contributed by atoms with Gasteiger partial charge in [0.2, 0.25) is 0 Å². The molecule has 0 bridgehead atoms. The predicted molar refractivity (Wildman–Crippen MR) is 59.9 cm³/mol. The maximum Gasteiger partial charge on any atom is 0.259 e. The summed E-state index contributed by atoms with van der Waals surface area (Å²) in [5.41, 5.74) is 0.728. The van der Waals surface area contributed by atoms with E-state index in [2.05, 4.69) is 26.1 Å². The second-order valence-electron chi connectivity index (χ2n) is 3.02. The largest absolute Gasteiger partial charge is 0.497 e. The van der Waals surface area contributed by atoms with Gasteiger partial charge in [-0.2, -0.15) is 4.98 Å². The lowest BCUT2D eigenvalue weighted by Crippen LogP contribution is -1.87. The van der Waals surface area contributed by atoms with E-state index in [4.69, 9.17) is 14.4 Å². The van der Waals surface area contributed by atoms with E-state index < -0.39 is 0 Å². The van der Waals surface area contributed by atoms with Gasteiger partial charge in [0.25, 0.3) is 5.89 Å². The Morgan fingerprint density at radius 2 is 2.31 bits per heavy atom. The van der Waals surface area contributed by atoms with Gasteiger partial charge in [-0.05, 0) is 34.1 Å². The number of benzene rings is 1. The third-order valence-electron chi connectivity index (χ3n) is 2.01. The molecule has 84 valence electrons. The zero-order valence-corrected chi connectivity index (χ0v) is 10.1. The summed E-state index contributed by atoms with van der Waals surface area (Å²) in [4.78, 5) is 4.02. The molecular formula is C10H9BrN2O3. The standard InChI is InChI=1S/C10H9BrN2O3/c1-15-6-2-3-8(11)7(4-6)10-12-9(5-14)13-16-10/h2-4,14H,5H2,1H3. The molecule has 1 heterocycles. The Labute approximate surface area is 100 Å². The monoisotopic (exact) mass is 284 g/mol. The van der Waals surface area contributed by atoms with E-state index in [1.54, 1.807) is 13.2 Å². The third kappa shape index (κ3) is 2.07. The molecule has 0 spiro atoms. The first-order valence-electron chi connectivity index (χ1n) is 4.52. The Morgan fingerprint density at radius 1 is 1.50 bits per heavy atom. The molecule has 0 amide bonds. The minimum atomic E-state index is -0.245. The highest BCUT2D eigenvalue weighted by atomic mass is 79.9. The smallest absolute Gasteiger partial charge is 0.259 e. The Kier molecular flexibility index (Phi) is 3.21. The van der Waals surface area contributed by atoms with E-state index in [1.165, 1.54) is 0 Å². The average molecular weight is 285 g/mol. The van der Waals surface area contributed by atoms with Crippen LogP contribution in [-0.2, 0) is 6.61 Å². The lowest BCUT2D eigenvalue weighted by molar-refractivity contribution is 0.264. The van der Waals surface area contributed by atoms with Gasteiger partial charge in [0.05, 0.1) is 12.7 Å². The van der Waals surface area contributed by atoms with E-state index in [1.807, 2.05) is 12.1 Å². The van der Waals surface area contributed by atoms with Gasteiger partial charge in [0, 0.05) is 4.47 Å². The molecule has 1 N–H and O–H groups in total. The van der Waals surface area contributed by atoms with Crippen LogP contribution >= 0.6 is 15.9 Å². The van der Waals surface area contributed by atoms with Crippen LogP contribution in [0.15, 0.2) is 27.2 Å². The molecule has 16 heavy (non-hydrogen) atoms. The number of aromatic nitrogens is 2. The van der Waals surface area contributed by atoms with Gasteiger partial charge in [0.15, 0.2) is 5.82 Å². The summed E-state index contributed by atoms with van der Waals surface area (Å²) in [6, 6.07) is 5.42. The molecule has 2 aromatic rings. The second kappa shape index (κ2) is 4.63. The maximum absolute atomic E-state index is 8.85. The first-order chi connectivity index (χ1) is 7.74. The van der Waals surface area contributed by atoms with E-state index in [9.17, 15) is 0 Å². The van der Waals surface area contributed by atoms with Crippen LogP contribution in [0.25, 0.3) is 11.5 Å². The summed E-state index contributed by atoms with van der Waals surface area (Å²) in [5.74, 6) is 1.29. The fourth-order valence-corrected chi connectivity index (χ4v) is 1.64. The lowest BCUT2D eigenvalue weighted by Gasteiger charge is -2.02. The van der Waals surface area contributed by atoms with Crippen LogP contribution in [0.4, 0.5) is 0 Å². The van der Waals surface area contributed by atoms with Crippen molar-refractivity contribution in [3.8, 4) is 17.2 Å². The van der Waals surface area contributed by atoms with Crippen molar-refractivity contribution in [2.24, 2.45) is 0 Å². The van der Waals surface area contributed by atoms with Crippen LogP contribution in [0.3, 0.4) is 0 Å². The summed E-state index contributed by atoms with van der Waals surface area (Å²) >= 11 is 3.38. The normalized spacial score (nSPS) is 10.4. The molecule has 0 fully saturated rings. The Balaban J connectivity index is 2.45. The van der Waals surface area contributed by atoms with Crippen molar-refractivity contribution >= 4 is 15.9 Å². The van der Waals surface area contributed by atoms with E-state index >= 15 is 0 Å². The van der Waals surface area contributed by atoms with Crippen LogP contribution in [0.2, 0.25) is 0 Å². The number of nitrogens with zero attached hydrogens (tertiary/aromatic N) is 2. The Hall–Kier alpha value is -1.40. The Bertz CT molecular complexity index is 499. The topological polar surface area (TPSA) is 68.4 Å². The lowest BCUT2D eigenvalue weighted by atomic mass is 10.2. The van der Waals surface area contributed by atoms with Crippen LogP contribution in [0.5, 0.6) is 5.75 Å². The molecule has 1 aromatic carbocycles. The number of halogens is 1. The van der Waals surface area contributed by atoms with E-state index in [-0.39, 0.29) is 12.4 Å². The van der Waals surface area contributed by atoms with Crippen LogP contribution in [-0.4, -0.2) is 22.4 Å². The first kappa shape index (κ1) is 11.1. The highest BCUT2D eigenvalue weighted by molar-refractivity contribution is 9.10. The molecule has 0 saturated heterocycles. The number of hydrogen-bond acceptors (Lipinski definition) is 5. The highest BCUT2D eigenvalue weighted by Gasteiger charge is 2.12. The Morgan fingerprint density at radius 3 is 2.94 bits per heavy atom. The van der Waals surface area contributed by atoms with Crippen LogP contribution in [0.1, 0.15) is 5.82 Å². The number of ether oxygens (including phenoxy) is 1. The zero-order chi connectivity index (χ0) is 11.5. The molecule has 1 aromatic heterocycles. The number of methoxy groups -OCH3 is 1. The van der Waals surface area contributed by atoms with Gasteiger partial charge in [-0.3, -0.25) is 0 Å². The van der Waals surface area contributed by atoms with Gasteiger partial charge in [-0.1, -0.05) is 5.16 Å². The van der Waals surface area contributed by atoms with Gasteiger partial charge in [0.1, 0.15) is 12.4 Å². The fraction of sp³-hybridized carbons (Fsp3) is 0.200. The minimum absolute atomic E-state index is 0.245. The van der Waals surface area contributed by atoms with Crippen molar-refractivity contribution in [2.75, 3.05) is 7.11 Å². The van der Waals surface area contributed by atoms with E-state index in [0.29, 0.717) is 11.6 Å². The fourth-order valence-electron chi connectivity index (χ4n) is 1.22. The summed E-state index contributed by atoms with van der Waals surface area (Å²) in [7, 11) is 1.58. The van der Waals surface area contributed by atoms with E-state index in [0.717, 1.165) is 10.0 Å². The van der Waals surface area contributed by atoms with Crippen LogP contribution in [0, 0.1) is 0 Å². The molecular weight excluding hydrogens is 276 g/mol. The average Bonchev–Trinajstić information content (AvgIpc) is 2.78. The molecule has 0 saturated carbocycles. The summed E-state index contributed by atoms with van der Waals surface area (Å²) in [6.07, 6.45) is 0. The highest BCUT2D eigenvalue weighted by Crippen LogP contribution is 2.30. The van der Waals surface area contributed by atoms with Crippen LogP contribution < -0.4 is 4.74 Å². The molecule has 0 aliphatic rings. The predicted octanol–water partition coefficient (Wildman–Crippen LogP) is 2.00. The number of aliphatic hydroxyl groups is 1. The summed E-state index contributed by atoms with van der Waals surface area (Å²) in [5, 5.41) is 12.5. The molecule has 0 radical (unpaired) electrons. The molecule has 2 rings (SSSR count). The van der Waals surface area contributed by atoms with Crippen molar-refractivity contribution in [1.29, 1.82) is 0 Å². The van der Waals surface area contributed by atoms with Crippen molar-refractivity contribution in [3.63, 3.8) is 0 Å². The van der Waals surface area contributed by atoms with Crippen molar-refractivity contribution < 1.29 is 14.4 Å². The molecule has 0 aliphatic heterocycles. The maximum atomic E-state index is 8.85. The summed E-state index contributed by atoms with van der Waals surface area (Å²) < 4.78 is 10.9. The number of aliphatic hydroxyl groups excluding tert-OH is 1. The van der Waals surface area contributed by atoms with Crippen molar-refractivity contribution in [3.05, 3.63) is 28.5 Å². The molecule has 6 heteroatoms. The second-order valence-corrected chi connectivity index (χ2v) is 3.87. The third-order valence-corrected chi connectivity index (χ3v) is 2.70. The molecule has 0 unspecified atom stereocenters. The van der Waals surface area contributed by atoms with Crippen molar-refractivity contribution in [1.82, 2.24) is 10.1 Å². The number of hydrogen-bond donors (Lipinski definition) is 1. The van der Waals surface area contributed by atoms with Gasteiger partial charge in [-0.15, -0.1) is 0 Å². The molecule has 0 atom stereocenters. The quantitative estimate of drug-likeness (QED) is 0.934. The van der Waals surface area contributed by atoms with Gasteiger partial charge < -0.3 is 14.4 Å². The zero-order valence-electron chi connectivity index (χ0n) is 8.48. The minimum Gasteiger partial charge on any atom is -0.497 e. The molecule has 0 aliphatic carbocycles. The van der Waals surface area contributed by atoms with Gasteiger partial charge in [-0.25, -0.2) is 0 Å². The van der Waals surface area contributed by atoms with Crippen molar-refractivity contribution in [2.45, 2.75) is 6.61 Å². The number of rotatable bonds is 3. The first-order valence-corrected chi connectivity index (χ1v) is 5.31. The van der Waals surface area contributed by atoms with Gasteiger partial charge >= 0.3 is 0 Å².